The predicted octanol–water partition coefficient (Wildman–Crippen LogP) is 4.68. The largest absolute Gasteiger partial charge is 0.351 e. The molecular formula is C26H29N3O3S2. The molecule has 1 atom stereocenters. The quantitative estimate of drug-likeness (QED) is 0.453. The van der Waals surface area contributed by atoms with E-state index in [0.29, 0.717) is 11.4 Å². The van der Waals surface area contributed by atoms with Crippen molar-refractivity contribution in [2.45, 2.75) is 51.2 Å². The first-order valence-electron chi connectivity index (χ1n) is 11.5. The first-order valence-corrected chi connectivity index (χ1v) is 13.3. The average Bonchev–Trinajstić information content (AvgIpc) is 3.62. The molecule has 0 aliphatic heterocycles. The Morgan fingerprint density at radius 2 is 1.74 bits per heavy atom. The second-order valence-electron chi connectivity index (χ2n) is 8.51. The minimum Gasteiger partial charge on any atom is -0.351 e. The van der Waals surface area contributed by atoms with Gasteiger partial charge in [-0.25, -0.2) is 0 Å². The molecule has 6 nitrogen and oxygen atoms in total. The Hall–Kier alpha value is -2.97. The van der Waals surface area contributed by atoms with E-state index in [0.717, 1.165) is 41.7 Å². The zero-order valence-electron chi connectivity index (χ0n) is 19.2. The third kappa shape index (κ3) is 5.93. The van der Waals surface area contributed by atoms with Crippen molar-refractivity contribution in [1.82, 2.24) is 15.5 Å². The van der Waals surface area contributed by atoms with Crippen molar-refractivity contribution in [3.8, 4) is 0 Å². The lowest BCUT2D eigenvalue weighted by Crippen LogP contribution is -2.48. The molecule has 2 N–H and O–H groups in total. The highest BCUT2D eigenvalue weighted by molar-refractivity contribution is 7.12. The van der Waals surface area contributed by atoms with E-state index in [1.165, 1.54) is 11.3 Å². The van der Waals surface area contributed by atoms with Gasteiger partial charge in [0.05, 0.1) is 18.0 Å². The summed E-state index contributed by atoms with van der Waals surface area (Å²) in [6.45, 7) is 2.07. The lowest BCUT2D eigenvalue weighted by atomic mass is 9.98. The predicted molar refractivity (Wildman–Crippen MR) is 136 cm³/mol. The van der Waals surface area contributed by atoms with Crippen molar-refractivity contribution < 1.29 is 14.4 Å². The van der Waals surface area contributed by atoms with Gasteiger partial charge in [0.25, 0.3) is 5.91 Å². The Balaban J connectivity index is 1.62. The maximum Gasteiger partial charge on any atom is 0.261 e. The third-order valence-corrected chi connectivity index (χ3v) is 7.85. The fraction of sp³-hybridized carbons (Fsp3) is 0.346. The fourth-order valence-electron chi connectivity index (χ4n) is 4.34. The van der Waals surface area contributed by atoms with E-state index in [2.05, 4.69) is 10.6 Å². The van der Waals surface area contributed by atoms with Gasteiger partial charge in [-0.3, -0.25) is 14.4 Å². The Kier molecular flexibility index (Phi) is 8.13. The molecule has 3 aromatic rings. The van der Waals surface area contributed by atoms with Crippen LogP contribution in [0.25, 0.3) is 0 Å². The number of thiophene rings is 2. The Labute approximate surface area is 208 Å². The molecule has 178 valence electrons. The maximum absolute atomic E-state index is 13.7. The summed E-state index contributed by atoms with van der Waals surface area (Å²) >= 11 is 2.86. The van der Waals surface area contributed by atoms with Crippen molar-refractivity contribution in [3.05, 3.63) is 80.2 Å². The van der Waals surface area contributed by atoms with Gasteiger partial charge in [-0.2, -0.15) is 0 Å². The second kappa shape index (κ2) is 11.4. The molecule has 0 bridgehead atoms. The standard InChI is InChI=1S/C26H29N3O3S2/c1-18-8-2-5-12-21(18)24(26(32)28-19-9-3-4-10-19)29(17-20-11-6-14-33-20)23(30)16-27-25(31)22-13-7-15-34-22/h2,5-8,11-15,19,24H,3-4,9-10,16-17H2,1H3,(H,27,31)(H,28,32)/t24-/m0/s1. The molecule has 3 amide bonds. The summed E-state index contributed by atoms with van der Waals surface area (Å²) in [5.41, 5.74) is 1.74. The van der Waals surface area contributed by atoms with E-state index in [9.17, 15) is 14.4 Å². The highest BCUT2D eigenvalue weighted by atomic mass is 32.1. The van der Waals surface area contributed by atoms with Crippen LogP contribution in [0.3, 0.4) is 0 Å². The van der Waals surface area contributed by atoms with Crippen LogP contribution >= 0.6 is 22.7 Å². The van der Waals surface area contributed by atoms with Crippen molar-refractivity contribution in [2.75, 3.05) is 6.54 Å². The van der Waals surface area contributed by atoms with Crippen LogP contribution in [-0.4, -0.2) is 35.2 Å². The van der Waals surface area contributed by atoms with Crippen molar-refractivity contribution in [2.24, 2.45) is 0 Å². The lowest BCUT2D eigenvalue weighted by Gasteiger charge is -2.33. The van der Waals surface area contributed by atoms with Crippen molar-refractivity contribution in [3.63, 3.8) is 0 Å². The summed E-state index contributed by atoms with van der Waals surface area (Å²) in [6.07, 6.45) is 4.13. The molecule has 2 heterocycles. The maximum atomic E-state index is 13.7. The van der Waals surface area contributed by atoms with Crippen LogP contribution in [0.15, 0.2) is 59.3 Å². The normalized spacial score (nSPS) is 14.5. The lowest BCUT2D eigenvalue weighted by molar-refractivity contribution is -0.141. The monoisotopic (exact) mass is 495 g/mol. The Bertz CT molecular complexity index is 1110. The molecule has 4 rings (SSSR count). The molecule has 34 heavy (non-hydrogen) atoms. The number of nitrogens with zero attached hydrogens (tertiary/aromatic N) is 1. The highest BCUT2D eigenvalue weighted by Gasteiger charge is 2.34. The van der Waals surface area contributed by atoms with Crippen LogP contribution in [0.2, 0.25) is 0 Å². The van der Waals surface area contributed by atoms with E-state index in [-0.39, 0.29) is 30.3 Å². The average molecular weight is 496 g/mol. The summed E-state index contributed by atoms with van der Waals surface area (Å²) in [5, 5.41) is 9.70. The van der Waals surface area contributed by atoms with Gasteiger partial charge in [0.15, 0.2) is 0 Å². The van der Waals surface area contributed by atoms with E-state index in [4.69, 9.17) is 0 Å². The summed E-state index contributed by atoms with van der Waals surface area (Å²) in [4.78, 5) is 42.8. The molecule has 0 saturated heterocycles. The summed E-state index contributed by atoms with van der Waals surface area (Å²) < 4.78 is 0. The Morgan fingerprint density at radius 1 is 1.00 bits per heavy atom. The van der Waals surface area contributed by atoms with Crippen LogP contribution in [0.5, 0.6) is 0 Å². The first-order chi connectivity index (χ1) is 16.5. The smallest absolute Gasteiger partial charge is 0.261 e. The number of aryl methyl sites for hydroxylation is 1. The molecule has 0 unspecified atom stereocenters. The van der Waals surface area contributed by atoms with Crippen LogP contribution in [-0.2, 0) is 16.1 Å². The van der Waals surface area contributed by atoms with Gasteiger partial charge in [-0.05, 0) is 53.8 Å². The summed E-state index contributed by atoms with van der Waals surface area (Å²) in [5.74, 6) is -0.758. The van der Waals surface area contributed by atoms with E-state index >= 15 is 0 Å². The molecule has 0 spiro atoms. The molecule has 1 aromatic carbocycles. The number of carbonyl (C=O) groups is 3. The zero-order chi connectivity index (χ0) is 23.9. The van der Waals surface area contributed by atoms with Gasteiger partial charge >= 0.3 is 0 Å². The third-order valence-electron chi connectivity index (χ3n) is 6.12. The van der Waals surface area contributed by atoms with Gasteiger partial charge in [-0.15, -0.1) is 22.7 Å². The van der Waals surface area contributed by atoms with Crippen LogP contribution < -0.4 is 10.6 Å². The number of amides is 3. The molecule has 0 radical (unpaired) electrons. The molecule has 8 heteroatoms. The van der Waals surface area contributed by atoms with Gasteiger partial charge in [-0.1, -0.05) is 49.2 Å². The minimum atomic E-state index is -0.782. The summed E-state index contributed by atoms with van der Waals surface area (Å²) in [6, 6.07) is 14.4. The van der Waals surface area contributed by atoms with Crippen molar-refractivity contribution >= 4 is 40.4 Å². The number of carbonyl (C=O) groups excluding carboxylic acids is 3. The molecule has 1 aliphatic carbocycles. The molecular weight excluding hydrogens is 466 g/mol. The van der Waals surface area contributed by atoms with Crippen LogP contribution in [0.1, 0.15) is 57.4 Å². The second-order valence-corrected chi connectivity index (χ2v) is 10.5. The van der Waals surface area contributed by atoms with Crippen LogP contribution in [0.4, 0.5) is 0 Å². The minimum absolute atomic E-state index is 0.135. The van der Waals surface area contributed by atoms with E-state index < -0.39 is 6.04 Å². The molecule has 1 aliphatic rings. The molecule has 1 saturated carbocycles. The van der Waals surface area contributed by atoms with Gasteiger partial charge in [0.2, 0.25) is 11.8 Å². The van der Waals surface area contributed by atoms with Gasteiger partial charge in [0, 0.05) is 10.9 Å². The number of benzene rings is 1. The number of hydrogen-bond acceptors (Lipinski definition) is 5. The SMILES string of the molecule is Cc1ccccc1[C@@H](C(=O)NC1CCCC1)N(Cc1cccs1)C(=O)CNC(=O)c1cccs1. The number of hydrogen-bond donors (Lipinski definition) is 2. The Morgan fingerprint density at radius 3 is 2.41 bits per heavy atom. The zero-order valence-corrected chi connectivity index (χ0v) is 20.8. The highest BCUT2D eigenvalue weighted by Crippen LogP contribution is 2.29. The van der Waals surface area contributed by atoms with E-state index in [1.807, 2.05) is 54.1 Å². The van der Waals surface area contributed by atoms with Crippen LogP contribution in [0, 0.1) is 6.92 Å². The number of nitrogens with one attached hydrogen (secondary N) is 2. The van der Waals surface area contributed by atoms with E-state index in [1.54, 1.807) is 28.4 Å². The number of rotatable bonds is 9. The van der Waals surface area contributed by atoms with Gasteiger partial charge < -0.3 is 15.5 Å². The fourth-order valence-corrected chi connectivity index (χ4v) is 5.68. The molecule has 2 aromatic heterocycles. The summed E-state index contributed by atoms with van der Waals surface area (Å²) in [7, 11) is 0. The first kappa shape index (κ1) is 24.2. The van der Waals surface area contributed by atoms with Crippen molar-refractivity contribution in [1.29, 1.82) is 0 Å². The molecule has 1 fully saturated rings. The van der Waals surface area contributed by atoms with Gasteiger partial charge in [0.1, 0.15) is 6.04 Å². The topological polar surface area (TPSA) is 78.5 Å².